The van der Waals surface area contributed by atoms with Crippen LogP contribution in [0.25, 0.3) is 6.08 Å². The van der Waals surface area contributed by atoms with Crippen molar-refractivity contribution in [3.05, 3.63) is 59.2 Å². The van der Waals surface area contributed by atoms with Crippen molar-refractivity contribution in [3.8, 4) is 11.5 Å². The van der Waals surface area contributed by atoms with E-state index >= 15 is 0 Å². The van der Waals surface area contributed by atoms with Crippen molar-refractivity contribution in [1.29, 1.82) is 0 Å². The number of allylic oxidation sites excluding steroid dienone is 1. The van der Waals surface area contributed by atoms with Crippen molar-refractivity contribution in [2.24, 2.45) is 0 Å². The molecule has 4 heteroatoms. The summed E-state index contributed by atoms with van der Waals surface area (Å²) in [5.74, 6) is 1.47. The van der Waals surface area contributed by atoms with Gasteiger partial charge in [0.15, 0.2) is 5.78 Å². The predicted octanol–water partition coefficient (Wildman–Crippen LogP) is 5.05. The maximum absolute atomic E-state index is 12.4. The number of nitrogens with two attached hydrogens (primary N) is 1. The smallest absolute Gasteiger partial charge is 0.185 e. The molecule has 0 saturated heterocycles. The van der Waals surface area contributed by atoms with Crippen LogP contribution in [0.4, 0.5) is 5.69 Å². The van der Waals surface area contributed by atoms with Crippen LogP contribution in [0.3, 0.4) is 0 Å². The zero-order valence-corrected chi connectivity index (χ0v) is 15.7. The van der Waals surface area contributed by atoms with E-state index in [0.717, 1.165) is 35.5 Å². The molecule has 0 radical (unpaired) electrons. The molecule has 2 rings (SSSR count). The molecule has 0 aromatic heterocycles. The lowest BCUT2D eigenvalue weighted by Crippen LogP contribution is -2.02. The van der Waals surface area contributed by atoms with Gasteiger partial charge in [-0.15, -0.1) is 0 Å². The Hall–Kier alpha value is -2.75. The summed E-state index contributed by atoms with van der Waals surface area (Å²) in [6.07, 6.45) is 5.21. The molecule has 0 aliphatic rings. The Morgan fingerprint density at radius 2 is 1.62 bits per heavy atom. The van der Waals surface area contributed by atoms with E-state index in [-0.39, 0.29) is 5.78 Å². The number of hydrogen-bond acceptors (Lipinski definition) is 4. The summed E-state index contributed by atoms with van der Waals surface area (Å²) in [6.45, 7) is 7.40. The molecular weight excluding hydrogens is 326 g/mol. The third-order valence-corrected chi connectivity index (χ3v) is 3.84. The standard InChI is InChI=1S/C22H27NO3/c1-4-12-25-21-15-22(26-13-5-2)18(14-16(21)3)8-11-20(24)17-6-9-19(23)10-7-17/h6-11,14-15H,4-5,12-13,23H2,1-3H3/b11-8+. The molecule has 0 unspecified atom stereocenters. The Labute approximate surface area is 155 Å². The maximum Gasteiger partial charge on any atom is 0.185 e. The van der Waals surface area contributed by atoms with E-state index in [0.29, 0.717) is 24.5 Å². The van der Waals surface area contributed by atoms with E-state index in [1.807, 2.05) is 19.1 Å². The van der Waals surface area contributed by atoms with Gasteiger partial charge in [-0.25, -0.2) is 0 Å². The number of ketones is 1. The van der Waals surface area contributed by atoms with Crippen molar-refractivity contribution in [2.45, 2.75) is 33.6 Å². The third kappa shape index (κ3) is 5.38. The Morgan fingerprint density at radius 3 is 2.23 bits per heavy atom. The zero-order valence-electron chi connectivity index (χ0n) is 15.7. The Kier molecular flexibility index (Phi) is 7.27. The lowest BCUT2D eigenvalue weighted by Gasteiger charge is -2.14. The van der Waals surface area contributed by atoms with Crippen LogP contribution in [-0.2, 0) is 0 Å². The molecule has 4 nitrogen and oxygen atoms in total. The summed E-state index contributed by atoms with van der Waals surface area (Å²) >= 11 is 0. The quantitative estimate of drug-likeness (QED) is 0.389. The monoisotopic (exact) mass is 353 g/mol. The van der Waals surface area contributed by atoms with Crippen molar-refractivity contribution < 1.29 is 14.3 Å². The number of hydrogen-bond donors (Lipinski definition) is 1. The molecule has 2 aromatic rings. The fraction of sp³-hybridized carbons (Fsp3) is 0.318. The Morgan fingerprint density at radius 1 is 1.00 bits per heavy atom. The minimum absolute atomic E-state index is 0.0737. The van der Waals surface area contributed by atoms with Gasteiger partial charge in [-0.1, -0.05) is 13.8 Å². The fourth-order valence-corrected chi connectivity index (χ4v) is 2.44. The average molecular weight is 353 g/mol. The van der Waals surface area contributed by atoms with Crippen molar-refractivity contribution in [3.63, 3.8) is 0 Å². The van der Waals surface area contributed by atoms with Crippen LogP contribution in [0.1, 0.15) is 48.2 Å². The number of aryl methyl sites for hydroxylation is 1. The summed E-state index contributed by atoms with van der Waals surface area (Å²) in [5.41, 5.74) is 8.79. The van der Waals surface area contributed by atoms with E-state index in [1.54, 1.807) is 36.4 Å². The Bertz CT molecular complexity index is 764. The van der Waals surface area contributed by atoms with Crippen LogP contribution < -0.4 is 15.2 Å². The molecular formula is C22H27NO3. The summed E-state index contributed by atoms with van der Waals surface area (Å²) in [4.78, 5) is 12.4. The van der Waals surface area contributed by atoms with Crippen LogP contribution >= 0.6 is 0 Å². The summed E-state index contributed by atoms with van der Waals surface area (Å²) in [5, 5.41) is 0. The van der Waals surface area contributed by atoms with Gasteiger partial charge >= 0.3 is 0 Å². The van der Waals surface area contributed by atoms with Gasteiger partial charge in [0.1, 0.15) is 11.5 Å². The van der Waals surface area contributed by atoms with Gasteiger partial charge in [0, 0.05) is 22.9 Å². The van der Waals surface area contributed by atoms with Gasteiger partial charge in [0.05, 0.1) is 13.2 Å². The van der Waals surface area contributed by atoms with Crippen LogP contribution in [0.5, 0.6) is 11.5 Å². The van der Waals surface area contributed by atoms with Crippen LogP contribution in [-0.4, -0.2) is 19.0 Å². The van der Waals surface area contributed by atoms with Gasteiger partial charge in [0.25, 0.3) is 0 Å². The lowest BCUT2D eigenvalue weighted by molar-refractivity contribution is 0.104. The number of carbonyl (C=O) groups is 1. The second kappa shape index (κ2) is 9.66. The molecule has 0 atom stereocenters. The molecule has 0 aliphatic carbocycles. The molecule has 0 fully saturated rings. The predicted molar refractivity (Wildman–Crippen MR) is 107 cm³/mol. The highest BCUT2D eigenvalue weighted by Gasteiger charge is 2.09. The molecule has 2 N–H and O–H groups in total. The highest BCUT2D eigenvalue weighted by Crippen LogP contribution is 2.30. The summed E-state index contributed by atoms with van der Waals surface area (Å²) < 4.78 is 11.6. The van der Waals surface area contributed by atoms with Crippen LogP contribution in [0.2, 0.25) is 0 Å². The van der Waals surface area contributed by atoms with E-state index in [2.05, 4.69) is 13.8 Å². The molecule has 0 aliphatic heterocycles. The number of ether oxygens (including phenoxy) is 2. The number of benzene rings is 2. The molecule has 0 amide bonds. The third-order valence-electron chi connectivity index (χ3n) is 3.84. The van der Waals surface area contributed by atoms with E-state index in [4.69, 9.17) is 15.2 Å². The number of carbonyl (C=O) groups excluding carboxylic acids is 1. The number of anilines is 1. The highest BCUT2D eigenvalue weighted by atomic mass is 16.5. The normalized spacial score (nSPS) is 10.9. The lowest BCUT2D eigenvalue weighted by atomic mass is 10.1. The molecule has 138 valence electrons. The molecule has 26 heavy (non-hydrogen) atoms. The number of rotatable bonds is 9. The van der Waals surface area contributed by atoms with Crippen LogP contribution in [0, 0.1) is 6.92 Å². The summed E-state index contributed by atoms with van der Waals surface area (Å²) in [7, 11) is 0. The van der Waals surface area contributed by atoms with E-state index in [1.165, 1.54) is 0 Å². The fourth-order valence-electron chi connectivity index (χ4n) is 2.44. The SMILES string of the molecule is CCCOc1cc(OCCC)c(/C=C/C(=O)c2ccc(N)cc2)cc1C. The van der Waals surface area contributed by atoms with Gasteiger partial charge in [-0.2, -0.15) is 0 Å². The highest BCUT2D eigenvalue weighted by molar-refractivity contribution is 6.07. The van der Waals surface area contributed by atoms with Gasteiger partial charge < -0.3 is 15.2 Å². The minimum atomic E-state index is -0.0737. The first-order valence-electron chi connectivity index (χ1n) is 9.03. The first-order chi connectivity index (χ1) is 12.5. The molecule has 0 saturated carbocycles. The van der Waals surface area contributed by atoms with Crippen molar-refractivity contribution in [2.75, 3.05) is 18.9 Å². The zero-order chi connectivity index (χ0) is 18.9. The largest absolute Gasteiger partial charge is 0.493 e. The molecule has 0 spiro atoms. The van der Waals surface area contributed by atoms with Gasteiger partial charge in [-0.05, 0) is 67.8 Å². The average Bonchev–Trinajstić information content (AvgIpc) is 2.64. The molecule has 0 bridgehead atoms. The van der Waals surface area contributed by atoms with Crippen molar-refractivity contribution in [1.82, 2.24) is 0 Å². The summed E-state index contributed by atoms with van der Waals surface area (Å²) in [6, 6.07) is 10.8. The second-order valence-electron chi connectivity index (χ2n) is 6.17. The Balaban J connectivity index is 2.26. The maximum atomic E-state index is 12.4. The van der Waals surface area contributed by atoms with E-state index in [9.17, 15) is 4.79 Å². The van der Waals surface area contributed by atoms with Gasteiger partial charge in [-0.3, -0.25) is 4.79 Å². The first-order valence-corrected chi connectivity index (χ1v) is 9.03. The first kappa shape index (κ1) is 19.6. The van der Waals surface area contributed by atoms with Gasteiger partial charge in [0.2, 0.25) is 0 Å². The minimum Gasteiger partial charge on any atom is -0.493 e. The van der Waals surface area contributed by atoms with Crippen LogP contribution in [0.15, 0.2) is 42.5 Å². The van der Waals surface area contributed by atoms with Crippen molar-refractivity contribution >= 4 is 17.5 Å². The number of nitrogen functional groups attached to an aromatic ring is 1. The second-order valence-corrected chi connectivity index (χ2v) is 6.17. The molecule has 0 heterocycles. The van der Waals surface area contributed by atoms with E-state index < -0.39 is 0 Å². The molecule has 2 aromatic carbocycles. The topological polar surface area (TPSA) is 61.5 Å².